The first-order valence-corrected chi connectivity index (χ1v) is 11.8. The van der Waals surface area contributed by atoms with Gasteiger partial charge in [-0.1, -0.05) is 17.7 Å². The maximum absolute atomic E-state index is 14.2. The predicted octanol–water partition coefficient (Wildman–Crippen LogP) is 7.32. The lowest BCUT2D eigenvalue weighted by atomic mass is 10.0. The molecule has 3 aromatic carbocycles. The van der Waals surface area contributed by atoms with Gasteiger partial charge in [-0.3, -0.25) is 19.7 Å². The molecule has 1 saturated carbocycles. The minimum Gasteiger partial charge on any atom is -0.326 e. The van der Waals surface area contributed by atoms with Crippen molar-refractivity contribution in [1.82, 2.24) is 0 Å². The number of anilines is 2. The number of amides is 2. The summed E-state index contributed by atoms with van der Waals surface area (Å²) in [5.41, 5.74) is -2.70. The lowest BCUT2D eigenvalue weighted by Gasteiger charge is -2.11. The first-order chi connectivity index (χ1) is 18.1. The van der Waals surface area contributed by atoms with E-state index in [-0.39, 0.29) is 22.0 Å². The third-order valence-electron chi connectivity index (χ3n) is 5.88. The molecule has 15 heteroatoms. The molecule has 2 amide bonds. The van der Waals surface area contributed by atoms with Crippen molar-refractivity contribution in [3.8, 4) is 0 Å². The minimum atomic E-state index is -4.98. The topological polar surface area (TPSA) is 101 Å². The van der Waals surface area contributed by atoms with Crippen molar-refractivity contribution >= 4 is 63.7 Å². The predicted molar refractivity (Wildman–Crippen MR) is 133 cm³/mol. The molecular formula is C24H13Cl3F5N3O4. The molecule has 2 atom stereocenters. The Hall–Kier alpha value is -3.48. The fourth-order valence-corrected chi connectivity index (χ4v) is 4.92. The van der Waals surface area contributed by atoms with Gasteiger partial charge in [-0.15, -0.1) is 23.2 Å². The van der Waals surface area contributed by atoms with Crippen LogP contribution in [0.4, 0.5) is 39.0 Å². The van der Waals surface area contributed by atoms with Crippen molar-refractivity contribution < 1.29 is 36.5 Å². The van der Waals surface area contributed by atoms with Crippen LogP contribution in [0, 0.1) is 27.7 Å². The maximum atomic E-state index is 14.2. The molecule has 0 bridgehead atoms. The van der Waals surface area contributed by atoms with Crippen LogP contribution in [0.25, 0.3) is 0 Å². The Bertz CT molecular complexity index is 1520. The van der Waals surface area contributed by atoms with E-state index in [2.05, 4.69) is 10.6 Å². The van der Waals surface area contributed by atoms with E-state index in [1.54, 1.807) is 0 Å². The molecule has 39 heavy (non-hydrogen) atoms. The number of nitrogens with one attached hydrogen (secondary N) is 2. The van der Waals surface area contributed by atoms with Gasteiger partial charge in [0, 0.05) is 17.7 Å². The van der Waals surface area contributed by atoms with Crippen LogP contribution in [-0.4, -0.2) is 21.1 Å². The van der Waals surface area contributed by atoms with E-state index in [9.17, 15) is 41.7 Å². The van der Waals surface area contributed by atoms with Crippen LogP contribution in [0.1, 0.15) is 27.4 Å². The highest BCUT2D eigenvalue weighted by Crippen LogP contribution is 2.65. The van der Waals surface area contributed by atoms with Crippen LogP contribution in [0.15, 0.2) is 54.6 Å². The lowest BCUT2D eigenvalue weighted by molar-refractivity contribution is -0.385. The fraction of sp³-hybridized carbons (Fsp3) is 0.167. The van der Waals surface area contributed by atoms with E-state index in [0.717, 1.165) is 18.2 Å². The number of halogens is 8. The minimum absolute atomic E-state index is 0.0111. The Morgan fingerprint density at radius 3 is 2.26 bits per heavy atom. The SMILES string of the molecule is O=C(Nc1cc(NC(=O)[C@H]2[C@H](c3ccc(F)c(C(F)(F)F)c3)C2(Cl)Cl)ccc1Cl)c1ccc([N+](=O)[O-])cc1F. The molecule has 2 N–H and O–H groups in total. The average molecular weight is 609 g/mol. The van der Waals surface area contributed by atoms with Crippen molar-refractivity contribution in [2.75, 3.05) is 10.6 Å². The summed E-state index contributed by atoms with van der Waals surface area (Å²) in [7, 11) is 0. The van der Waals surface area contributed by atoms with Crippen LogP contribution < -0.4 is 10.6 Å². The molecule has 3 aromatic rings. The monoisotopic (exact) mass is 607 g/mol. The second-order valence-electron chi connectivity index (χ2n) is 8.43. The number of nitro benzene ring substituents is 1. The van der Waals surface area contributed by atoms with Crippen LogP contribution in [0.3, 0.4) is 0 Å². The number of rotatable bonds is 6. The molecule has 0 heterocycles. The number of nitrogens with zero attached hydrogens (tertiary/aromatic N) is 1. The molecule has 4 rings (SSSR count). The molecule has 0 aromatic heterocycles. The Balaban J connectivity index is 1.51. The van der Waals surface area contributed by atoms with Crippen molar-refractivity contribution in [3.63, 3.8) is 0 Å². The summed E-state index contributed by atoms with van der Waals surface area (Å²) in [6.07, 6.45) is -4.98. The van der Waals surface area contributed by atoms with E-state index >= 15 is 0 Å². The number of hydrogen-bond donors (Lipinski definition) is 2. The Morgan fingerprint density at radius 1 is 0.949 bits per heavy atom. The van der Waals surface area contributed by atoms with Gasteiger partial charge in [0.1, 0.15) is 16.0 Å². The van der Waals surface area contributed by atoms with Gasteiger partial charge in [-0.25, -0.2) is 8.78 Å². The van der Waals surface area contributed by atoms with Gasteiger partial charge in [-0.05, 0) is 42.0 Å². The second kappa shape index (κ2) is 10.2. The van der Waals surface area contributed by atoms with Gasteiger partial charge in [0.05, 0.1) is 38.7 Å². The van der Waals surface area contributed by atoms with Crippen molar-refractivity contribution in [1.29, 1.82) is 0 Å². The highest BCUT2D eigenvalue weighted by Gasteiger charge is 2.67. The maximum Gasteiger partial charge on any atom is 0.419 e. The number of benzene rings is 3. The van der Waals surface area contributed by atoms with Crippen molar-refractivity contribution in [3.05, 3.63) is 98.1 Å². The largest absolute Gasteiger partial charge is 0.419 e. The first kappa shape index (κ1) is 28.5. The second-order valence-corrected chi connectivity index (χ2v) is 10.3. The van der Waals surface area contributed by atoms with E-state index in [0.29, 0.717) is 18.2 Å². The zero-order valence-corrected chi connectivity index (χ0v) is 21.2. The molecule has 0 unspecified atom stereocenters. The van der Waals surface area contributed by atoms with Gasteiger partial charge in [0.15, 0.2) is 0 Å². The molecule has 204 valence electrons. The zero-order valence-electron chi connectivity index (χ0n) is 19.0. The summed E-state index contributed by atoms with van der Waals surface area (Å²) in [6, 6.07) is 8.45. The lowest BCUT2D eigenvalue weighted by Crippen LogP contribution is -2.18. The molecule has 0 aliphatic heterocycles. The van der Waals surface area contributed by atoms with E-state index in [1.165, 1.54) is 18.2 Å². The van der Waals surface area contributed by atoms with Gasteiger partial charge in [0.25, 0.3) is 11.6 Å². The summed E-state index contributed by atoms with van der Waals surface area (Å²) in [4.78, 5) is 35.3. The number of non-ortho nitro benzene ring substituents is 1. The number of carbonyl (C=O) groups excluding carboxylic acids is 2. The molecule has 0 spiro atoms. The van der Waals surface area contributed by atoms with Gasteiger partial charge < -0.3 is 10.6 Å². The summed E-state index contributed by atoms with van der Waals surface area (Å²) >= 11 is 18.5. The molecule has 1 aliphatic carbocycles. The number of nitro groups is 1. The zero-order chi connectivity index (χ0) is 28.9. The van der Waals surface area contributed by atoms with E-state index in [4.69, 9.17) is 34.8 Å². The summed E-state index contributed by atoms with van der Waals surface area (Å²) < 4.78 is 65.4. The normalized spacial score (nSPS) is 17.8. The van der Waals surface area contributed by atoms with Gasteiger partial charge in [-0.2, -0.15) is 13.2 Å². The highest BCUT2D eigenvalue weighted by molar-refractivity contribution is 6.53. The molecular weight excluding hydrogens is 596 g/mol. The Labute approximate surface area is 231 Å². The number of hydrogen-bond acceptors (Lipinski definition) is 4. The molecule has 0 radical (unpaired) electrons. The van der Waals surface area contributed by atoms with Gasteiger partial charge >= 0.3 is 6.18 Å². The van der Waals surface area contributed by atoms with E-state index in [1.807, 2.05) is 0 Å². The van der Waals surface area contributed by atoms with Crippen molar-refractivity contribution in [2.24, 2.45) is 5.92 Å². The van der Waals surface area contributed by atoms with Crippen LogP contribution in [0.5, 0.6) is 0 Å². The van der Waals surface area contributed by atoms with Crippen LogP contribution in [0.2, 0.25) is 5.02 Å². The third-order valence-corrected chi connectivity index (χ3v) is 7.15. The van der Waals surface area contributed by atoms with Crippen LogP contribution in [-0.2, 0) is 11.0 Å². The molecule has 1 aliphatic rings. The highest BCUT2D eigenvalue weighted by atomic mass is 35.5. The first-order valence-electron chi connectivity index (χ1n) is 10.7. The van der Waals surface area contributed by atoms with Gasteiger partial charge in [0.2, 0.25) is 5.91 Å². The number of alkyl halides is 5. The Kier molecular flexibility index (Phi) is 7.50. The smallest absolute Gasteiger partial charge is 0.326 e. The molecule has 7 nitrogen and oxygen atoms in total. The quantitative estimate of drug-likeness (QED) is 0.132. The number of carbonyl (C=O) groups is 2. The molecule has 0 saturated heterocycles. The average Bonchev–Trinajstić information content (AvgIpc) is 3.42. The summed E-state index contributed by atoms with van der Waals surface area (Å²) in [5, 5.41) is 15.5. The summed E-state index contributed by atoms with van der Waals surface area (Å²) in [5.74, 6) is -6.73. The molecule has 1 fully saturated rings. The van der Waals surface area contributed by atoms with Crippen molar-refractivity contribution in [2.45, 2.75) is 16.4 Å². The summed E-state index contributed by atoms with van der Waals surface area (Å²) in [6.45, 7) is 0. The standard InChI is InChI=1S/C24H13Cl3F5N3O4/c25-15-5-2-11(8-18(15)34-21(36)13-4-3-12(35(38)39)9-17(13)29)33-22(37)20-19(23(20,26)27)10-1-6-16(28)14(7-10)24(30,31)32/h1-9,19-20H,(H,33,37)(H,34,36)/t19-,20+/m0/s1. The third kappa shape index (κ3) is 5.77. The fourth-order valence-electron chi connectivity index (χ4n) is 3.93. The van der Waals surface area contributed by atoms with E-state index < -0.39 is 67.5 Å². The Morgan fingerprint density at radius 2 is 1.64 bits per heavy atom. The van der Waals surface area contributed by atoms with Crippen LogP contribution >= 0.6 is 34.8 Å².